The zero-order chi connectivity index (χ0) is 14.0. The summed E-state index contributed by atoms with van der Waals surface area (Å²) in [5.74, 6) is 0. The number of aromatic nitrogens is 1. The Bertz CT molecular complexity index is 401. The van der Waals surface area contributed by atoms with Crippen molar-refractivity contribution in [2.75, 3.05) is 14.1 Å². The van der Waals surface area contributed by atoms with Gasteiger partial charge in [0.1, 0.15) is 0 Å². The van der Waals surface area contributed by atoms with Gasteiger partial charge in [-0.25, -0.2) is 0 Å². The molecule has 0 bridgehead atoms. The van der Waals surface area contributed by atoms with Gasteiger partial charge in [0.05, 0.1) is 5.69 Å². The molecule has 0 atom stereocenters. The van der Waals surface area contributed by atoms with Gasteiger partial charge < -0.3 is 10.5 Å². The van der Waals surface area contributed by atoms with Crippen molar-refractivity contribution in [1.82, 2.24) is 9.88 Å². The molecule has 0 aliphatic carbocycles. The first-order valence-electron chi connectivity index (χ1n) is 4.73. The summed E-state index contributed by atoms with van der Waals surface area (Å²) >= 11 is 4.89. The monoisotopic (exact) mass is 355 g/mol. The molecule has 0 aliphatic heterocycles. The minimum absolute atomic E-state index is 0.555. The van der Waals surface area contributed by atoms with E-state index < -0.39 is 0 Å². The van der Waals surface area contributed by atoms with Gasteiger partial charge in [0.2, 0.25) is 0 Å². The molecule has 0 spiro atoms. The topological polar surface area (TPSA) is 42.6 Å². The van der Waals surface area contributed by atoms with Crippen molar-refractivity contribution in [3.63, 3.8) is 0 Å². The first kappa shape index (κ1) is 17.8. The predicted octanol–water partition coefficient (Wildman–Crippen LogP) is 2.40. The van der Waals surface area contributed by atoms with E-state index in [0.717, 1.165) is 24.5 Å². The number of aryl methyl sites for hydroxylation is 1. The van der Waals surface area contributed by atoms with E-state index in [9.17, 15) is 0 Å². The normalized spacial score (nSPS) is 10.3. The molecule has 1 heterocycles. The van der Waals surface area contributed by atoms with E-state index in [1.807, 2.05) is 39.2 Å². The van der Waals surface area contributed by atoms with Crippen LogP contribution < -0.4 is 0 Å². The van der Waals surface area contributed by atoms with Crippen molar-refractivity contribution < 1.29 is 13.1 Å². The summed E-state index contributed by atoms with van der Waals surface area (Å²) in [4.78, 5) is 6.03. The second kappa shape index (κ2) is 10.7. The SMILES string of the molecule is Cc1cccc(C=N[N-]C(=[SH+])N(C)C)n1.[Cl][Cu][Cl]. The first-order valence-corrected chi connectivity index (χ1v) is 7.77. The fourth-order valence-corrected chi connectivity index (χ4v) is 0.917. The molecular weight excluding hydrogens is 343 g/mol. The van der Waals surface area contributed by atoms with Gasteiger partial charge in [0, 0.05) is 11.9 Å². The van der Waals surface area contributed by atoms with Crippen molar-refractivity contribution in [1.29, 1.82) is 0 Å². The maximum atomic E-state index is 4.67. The summed E-state index contributed by atoms with van der Waals surface area (Å²) in [6.07, 6.45) is 1.60. The molecule has 8 heteroatoms. The number of hydrogen-bond donors (Lipinski definition) is 0. The summed E-state index contributed by atoms with van der Waals surface area (Å²) in [7, 11) is 13.0. The summed E-state index contributed by atoms with van der Waals surface area (Å²) < 4.78 is 0. The molecule has 0 amide bonds. The van der Waals surface area contributed by atoms with Crippen LogP contribution >= 0.6 is 20.2 Å². The van der Waals surface area contributed by atoms with E-state index in [0.29, 0.717) is 5.11 Å². The van der Waals surface area contributed by atoms with E-state index in [-0.39, 0.29) is 0 Å². The van der Waals surface area contributed by atoms with Gasteiger partial charge >= 0.3 is 33.3 Å². The molecule has 0 N–H and O–H groups in total. The van der Waals surface area contributed by atoms with Crippen LogP contribution in [0.15, 0.2) is 23.3 Å². The third-order valence-corrected chi connectivity index (χ3v) is 2.14. The van der Waals surface area contributed by atoms with Crippen molar-refractivity contribution in [3.05, 3.63) is 35.0 Å². The summed E-state index contributed by atoms with van der Waals surface area (Å²) in [5, 5.41) is 4.44. The standard InChI is InChI=1S/C10H14N4S.2ClH.Cu/c1-8-5-4-6-9(12-8)7-11-13-10(15)14(2)3;;;/h4-7H,1-3H3,(H,12,13,15);2*1H;/q;;;+2/p-2. The van der Waals surface area contributed by atoms with Crippen LogP contribution in [0.3, 0.4) is 0 Å². The van der Waals surface area contributed by atoms with Crippen LogP contribution in [0.2, 0.25) is 0 Å². The van der Waals surface area contributed by atoms with E-state index in [2.05, 4.69) is 47.9 Å². The Morgan fingerprint density at radius 1 is 1.50 bits per heavy atom. The van der Waals surface area contributed by atoms with Gasteiger partial charge in [-0.15, -0.1) is 0 Å². The second-order valence-electron chi connectivity index (χ2n) is 3.29. The number of halogens is 2. The Kier molecular flexibility index (Phi) is 10.5. The molecule has 105 valence electrons. The van der Waals surface area contributed by atoms with Gasteiger partial charge in [-0.3, -0.25) is 9.88 Å². The molecule has 18 heavy (non-hydrogen) atoms. The number of nitrogens with zero attached hydrogens (tertiary/aromatic N) is 4. The fraction of sp³-hybridized carbons (Fsp3) is 0.300. The van der Waals surface area contributed by atoms with Crippen LogP contribution in [0, 0.1) is 6.92 Å². The van der Waals surface area contributed by atoms with Crippen molar-refractivity contribution in [2.45, 2.75) is 6.92 Å². The van der Waals surface area contributed by atoms with Crippen LogP contribution in [0.5, 0.6) is 0 Å². The van der Waals surface area contributed by atoms with Crippen LogP contribution in [-0.4, -0.2) is 35.3 Å². The van der Waals surface area contributed by atoms with Crippen LogP contribution in [0.1, 0.15) is 11.4 Å². The van der Waals surface area contributed by atoms with Gasteiger partial charge in [-0.05, 0) is 33.2 Å². The Labute approximate surface area is 127 Å². The molecule has 1 rings (SSSR count). The van der Waals surface area contributed by atoms with Crippen LogP contribution in [0.25, 0.3) is 5.43 Å². The molecule has 0 aliphatic rings. The zero-order valence-electron chi connectivity index (χ0n) is 10.1. The third kappa shape index (κ3) is 8.80. The Balaban J connectivity index is 0.000000873. The summed E-state index contributed by atoms with van der Waals surface area (Å²) in [6.45, 7) is 1.93. The minimum atomic E-state index is 0.555. The Morgan fingerprint density at radius 2 is 2.11 bits per heavy atom. The molecule has 0 saturated carbocycles. The Hall–Kier alpha value is -0.231. The average Bonchev–Trinajstić information content (AvgIpc) is 2.30. The number of hydrogen-bond acceptors (Lipinski definition) is 2. The molecule has 1 aromatic rings. The third-order valence-electron chi connectivity index (χ3n) is 1.65. The number of pyridine rings is 1. The van der Waals surface area contributed by atoms with E-state index >= 15 is 0 Å². The van der Waals surface area contributed by atoms with Crippen LogP contribution in [-0.2, 0) is 25.4 Å². The van der Waals surface area contributed by atoms with Crippen molar-refractivity contribution >= 4 is 43.7 Å². The molecule has 0 fully saturated rings. The van der Waals surface area contributed by atoms with Crippen molar-refractivity contribution in [2.24, 2.45) is 5.10 Å². The number of thiol groups is 1. The Morgan fingerprint density at radius 3 is 2.61 bits per heavy atom. The quantitative estimate of drug-likeness (QED) is 0.204. The second-order valence-corrected chi connectivity index (χ2v) is 5.24. The zero-order valence-corrected chi connectivity index (χ0v) is 13.5. The predicted molar refractivity (Wildman–Crippen MR) is 79.1 cm³/mol. The number of rotatable bonds is 2. The van der Waals surface area contributed by atoms with Crippen molar-refractivity contribution in [3.8, 4) is 0 Å². The molecule has 4 nitrogen and oxygen atoms in total. The van der Waals surface area contributed by atoms with Gasteiger partial charge in [0.25, 0.3) is 0 Å². The molecule has 0 unspecified atom stereocenters. The fourth-order valence-electron chi connectivity index (χ4n) is 0.865. The summed E-state index contributed by atoms with van der Waals surface area (Å²) in [6, 6.07) is 5.74. The van der Waals surface area contributed by atoms with E-state index in [1.165, 1.54) is 0 Å². The van der Waals surface area contributed by atoms with Gasteiger partial charge in [-0.1, -0.05) is 6.07 Å². The molecule has 0 radical (unpaired) electrons. The van der Waals surface area contributed by atoms with Gasteiger partial charge in [-0.2, -0.15) is 0 Å². The molecule has 0 saturated heterocycles. The first-order chi connectivity index (χ1) is 8.51. The molecule has 0 aromatic carbocycles. The van der Waals surface area contributed by atoms with E-state index in [1.54, 1.807) is 11.1 Å². The maximum absolute atomic E-state index is 4.67. The van der Waals surface area contributed by atoms with Crippen LogP contribution in [0.4, 0.5) is 0 Å². The molecule has 1 aromatic heterocycles. The van der Waals surface area contributed by atoms with E-state index in [4.69, 9.17) is 0 Å². The molecular formula is C10H14Cl2CuN4S. The van der Waals surface area contributed by atoms with Gasteiger partial charge in [0.15, 0.2) is 17.3 Å². The summed E-state index contributed by atoms with van der Waals surface area (Å²) in [5.41, 5.74) is 5.64. The average molecular weight is 357 g/mol.